The van der Waals surface area contributed by atoms with Crippen molar-refractivity contribution in [3.05, 3.63) is 41.3 Å². The Bertz CT molecular complexity index is 1230. The zero-order valence-corrected chi connectivity index (χ0v) is 19.5. The van der Waals surface area contributed by atoms with Crippen molar-refractivity contribution in [1.82, 2.24) is 29.6 Å². The molecule has 8 nitrogen and oxygen atoms in total. The van der Waals surface area contributed by atoms with Gasteiger partial charge in [0.1, 0.15) is 11.3 Å². The quantitative estimate of drug-likeness (QED) is 0.468. The molecule has 160 valence electrons. The van der Waals surface area contributed by atoms with Crippen molar-refractivity contribution in [2.45, 2.75) is 19.9 Å². The van der Waals surface area contributed by atoms with Crippen molar-refractivity contribution < 1.29 is 0 Å². The van der Waals surface area contributed by atoms with Gasteiger partial charge in [-0.15, -0.1) is 0 Å². The van der Waals surface area contributed by atoms with Gasteiger partial charge in [0.05, 0.1) is 23.6 Å². The summed E-state index contributed by atoms with van der Waals surface area (Å²) in [4.78, 5) is 18.6. The van der Waals surface area contributed by atoms with Crippen molar-refractivity contribution in [1.29, 1.82) is 0 Å². The molecule has 9 heteroatoms. The van der Waals surface area contributed by atoms with E-state index in [9.17, 15) is 0 Å². The summed E-state index contributed by atoms with van der Waals surface area (Å²) in [7, 11) is 2.16. The molecule has 1 aliphatic rings. The summed E-state index contributed by atoms with van der Waals surface area (Å²) in [6.07, 6.45) is 5.63. The van der Waals surface area contributed by atoms with E-state index in [4.69, 9.17) is 4.98 Å². The van der Waals surface area contributed by atoms with Crippen molar-refractivity contribution in [2.24, 2.45) is 0 Å². The van der Waals surface area contributed by atoms with Gasteiger partial charge in [0.2, 0.25) is 5.95 Å². The molecule has 0 amide bonds. The zero-order chi connectivity index (χ0) is 21.5. The Kier molecular flexibility index (Phi) is 5.23. The summed E-state index contributed by atoms with van der Waals surface area (Å²) < 4.78 is 3.00. The fourth-order valence-corrected chi connectivity index (χ4v) is 4.49. The topological polar surface area (TPSA) is 75.0 Å². The predicted molar refractivity (Wildman–Crippen MR) is 128 cm³/mol. The number of aromatic nitrogens is 5. The van der Waals surface area contributed by atoms with E-state index >= 15 is 0 Å². The van der Waals surface area contributed by atoms with Crippen LogP contribution in [0, 0.1) is 0 Å². The van der Waals surface area contributed by atoms with Gasteiger partial charge >= 0.3 is 0 Å². The number of hydrogen-bond donors (Lipinski definition) is 1. The first-order chi connectivity index (χ1) is 15.0. The lowest BCUT2D eigenvalue weighted by molar-refractivity contribution is 0.313. The number of nitrogens with zero attached hydrogens (tertiary/aromatic N) is 7. The van der Waals surface area contributed by atoms with E-state index in [-0.39, 0.29) is 6.04 Å². The van der Waals surface area contributed by atoms with Gasteiger partial charge in [-0.25, -0.2) is 15.0 Å². The first kappa shape index (κ1) is 20.1. The minimum atomic E-state index is 0.227. The van der Waals surface area contributed by atoms with Crippen molar-refractivity contribution in [3.63, 3.8) is 0 Å². The number of halogens is 1. The van der Waals surface area contributed by atoms with E-state index in [0.29, 0.717) is 5.95 Å². The highest BCUT2D eigenvalue weighted by molar-refractivity contribution is 9.10. The van der Waals surface area contributed by atoms with Crippen LogP contribution >= 0.6 is 15.9 Å². The third-order valence-electron chi connectivity index (χ3n) is 5.72. The molecule has 0 bridgehead atoms. The standard InChI is InChI=1S/C22H25BrN8/c1-14(2)31-21-17(13-26-31)18(23)10-15-11-25-22(28-20(15)21)27-19-5-4-16(12-24-19)30-8-6-29(3)7-9-30/h4-5,10-14H,6-9H2,1-3H3,(H,24,25,27,28). The molecule has 1 fully saturated rings. The summed E-state index contributed by atoms with van der Waals surface area (Å²) in [5, 5.41) is 9.82. The Morgan fingerprint density at radius 2 is 1.84 bits per heavy atom. The highest BCUT2D eigenvalue weighted by Gasteiger charge is 2.16. The molecule has 1 N–H and O–H groups in total. The summed E-state index contributed by atoms with van der Waals surface area (Å²) >= 11 is 3.65. The first-order valence-corrected chi connectivity index (χ1v) is 11.3. The van der Waals surface area contributed by atoms with Gasteiger partial charge in [0.25, 0.3) is 0 Å². The van der Waals surface area contributed by atoms with Crippen molar-refractivity contribution >= 4 is 55.2 Å². The van der Waals surface area contributed by atoms with Crippen LogP contribution < -0.4 is 10.2 Å². The van der Waals surface area contributed by atoms with E-state index in [0.717, 1.165) is 64.0 Å². The Labute approximate surface area is 189 Å². The Balaban J connectivity index is 1.45. The number of rotatable bonds is 4. The van der Waals surface area contributed by atoms with E-state index in [1.54, 1.807) is 0 Å². The van der Waals surface area contributed by atoms with Crippen LogP contribution in [0.2, 0.25) is 0 Å². The van der Waals surface area contributed by atoms with Gasteiger partial charge < -0.3 is 15.1 Å². The number of hydrogen-bond acceptors (Lipinski definition) is 7. The maximum absolute atomic E-state index is 4.82. The van der Waals surface area contributed by atoms with Crippen LogP contribution in [-0.2, 0) is 0 Å². The normalized spacial score (nSPS) is 15.3. The fourth-order valence-electron chi connectivity index (χ4n) is 3.95. The number of fused-ring (bicyclic) bond motifs is 3. The number of piperazine rings is 1. The Morgan fingerprint density at radius 1 is 1.03 bits per heavy atom. The molecule has 0 unspecified atom stereocenters. The van der Waals surface area contributed by atoms with Crippen LogP contribution in [0.15, 0.2) is 41.3 Å². The maximum atomic E-state index is 4.82. The maximum Gasteiger partial charge on any atom is 0.228 e. The molecule has 3 aromatic heterocycles. The molecular weight excluding hydrogens is 456 g/mol. The SMILES string of the molecule is CC(C)n1ncc2c(Br)cc3cnc(Nc4ccc(N5CCN(C)CC5)cn4)nc3c21. The fraction of sp³-hybridized carbons (Fsp3) is 0.364. The van der Waals surface area contributed by atoms with E-state index in [2.05, 4.69) is 73.1 Å². The van der Waals surface area contributed by atoms with Crippen molar-refractivity contribution in [2.75, 3.05) is 43.4 Å². The molecule has 0 saturated carbocycles. The van der Waals surface area contributed by atoms with Gasteiger partial charge in [-0.2, -0.15) is 5.10 Å². The monoisotopic (exact) mass is 480 g/mol. The molecule has 0 atom stereocenters. The van der Waals surface area contributed by atoms with Gasteiger partial charge in [-0.1, -0.05) is 15.9 Å². The van der Waals surface area contributed by atoms with Crippen LogP contribution in [0.3, 0.4) is 0 Å². The van der Waals surface area contributed by atoms with Crippen LogP contribution in [0.1, 0.15) is 19.9 Å². The smallest absolute Gasteiger partial charge is 0.228 e. The third kappa shape index (κ3) is 3.83. The van der Waals surface area contributed by atoms with Gasteiger partial charge in [-0.3, -0.25) is 4.68 Å². The largest absolute Gasteiger partial charge is 0.368 e. The third-order valence-corrected chi connectivity index (χ3v) is 6.38. The molecule has 0 aliphatic carbocycles. The molecule has 4 heterocycles. The summed E-state index contributed by atoms with van der Waals surface area (Å²) in [6, 6.07) is 6.35. The molecule has 1 saturated heterocycles. The van der Waals surface area contributed by atoms with Crippen LogP contribution in [0.5, 0.6) is 0 Å². The van der Waals surface area contributed by atoms with Crippen molar-refractivity contribution in [3.8, 4) is 0 Å². The second-order valence-electron chi connectivity index (χ2n) is 8.25. The second kappa shape index (κ2) is 8.05. The number of benzene rings is 1. The Morgan fingerprint density at radius 3 is 2.55 bits per heavy atom. The molecule has 1 aliphatic heterocycles. The molecule has 0 radical (unpaired) electrons. The van der Waals surface area contributed by atoms with E-state index < -0.39 is 0 Å². The minimum absolute atomic E-state index is 0.227. The Hall–Kier alpha value is -2.78. The van der Waals surface area contributed by atoms with E-state index in [1.807, 2.05) is 35.4 Å². The number of anilines is 3. The van der Waals surface area contributed by atoms with Crippen LogP contribution in [0.4, 0.5) is 17.5 Å². The number of likely N-dealkylation sites (N-methyl/N-ethyl adjacent to an activating group) is 1. The summed E-state index contributed by atoms with van der Waals surface area (Å²) in [5.41, 5.74) is 3.02. The average Bonchev–Trinajstić information content (AvgIpc) is 3.22. The average molecular weight is 481 g/mol. The number of pyridine rings is 1. The lowest BCUT2D eigenvalue weighted by Gasteiger charge is -2.33. The number of nitrogens with one attached hydrogen (secondary N) is 1. The lowest BCUT2D eigenvalue weighted by atomic mass is 10.2. The summed E-state index contributed by atoms with van der Waals surface area (Å²) in [5.74, 6) is 1.25. The minimum Gasteiger partial charge on any atom is -0.368 e. The molecule has 4 aromatic rings. The molecule has 1 aromatic carbocycles. The zero-order valence-electron chi connectivity index (χ0n) is 17.9. The van der Waals surface area contributed by atoms with Crippen LogP contribution in [0.25, 0.3) is 21.8 Å². The highest BCUT2D eigenvalue weighted by Crippen LogP contribution is 2.32. The van der Waals surface area contributed by atoms with Gasteiger partial charge in [0.15, 0.2) is 0 Å². The lowest BCUT2D eigenvalue weighted by Crippen LogP contribution is -2.44. The highest BCUT2D eigenvalue weighted by atomic mass is 79.9. The second-order valence-corrected chi connectivity index (χ2v) is 9.11. The van der Waals surface area contributed by atoms with Crippen LogP contribution in [-0.4, -0.2) is 62.9 Å². The molecular formula is C22H25BrN8. The van der Waals surface area contributed by atoms with Gasteiger partial charge in [-0.05, 0) is 39.1 Å². The van der Waals surface area contributed by atoms with Gasteiger partial charge in [0, 0.05) is 53.7 Å². The summed E-state index contributed by atoms with van der Waals surface area (Å²) in [6.45, 7) is 8.42. The first-order valence-electron chi connectivity index (χ1n) is 10.5. The van der Waals surface area contributed by atoms with E-state index in [1.165, 1.54) is 0 Å². The molecule has 0 spiro atoms. The molecule has 31 heavy (non-hydrogen) atoms. The molecule has 5 rings (SSSR count). The predicted octanol–water partition coefficient (Wildman–Crippen LogP) is 4.21.